The van der Waals surface area contributed by atoms with E-state index in [9.17, 15) is 9.59 Å². The van der Waals surface area contributed by atoms with E-state index in [0.717, 1.165) is 11.1 Å². The molecule has 0 aliphatic carbocycles. The van der Waals surface area contributed by atoms with Gasteiger partial charge in [0.1, 0.15) is 0 Å². The third kappa shape index (κ3) is 7.79. The maximum Gasteiger partial charge on any atom is 0.234 e. The molecule has 0 fully saturated rings. The molecule has 0 radical (unpaired) electrons. The minimum atomic E-state index is -0.260. The molecule has 0 atom stereocenters. The zero-order chi connectivity index (χ0) is 17.5. The van der Waals surface area contributed by atoms with E-state index in [2.05, 4.69) is 10.6 Å². The Morgan fingerprint density at radius 2 is 1.70 bits per heavy atom. The predicted molar refractivity (Wildman–Crippen MR) is 93.0 cm³/mol. The molecule has 0 heterocycles. The molecule has 128 valence electrons. The molecule has 0 aromatic heterocycles. The van der Waals surface area contributed by atoms with Gasteiger partial charge in [-0.15, -0.1) is 0 Å². The molecule has 23 heavy (non-hydrogen) atoms. The second kappa shape index (κ2) is 8.67. The van der Waals surface area contributed by atoms with Gasteiger partial charge in [0.25, 0.3) is 0 Å². The van der Waals surface area contributed by atoms with Gasteiger partial charge in [-0.3, -0.25) is 14.5 Å². The Labute approximate surface area is 139 Å². The maximum absolute atomic E-state index is 12.1. The van der Waals surface area contributed by atoms with Crippen LogP contribution in [-0.4, -0.2) is 41.9 Å². The van der Waals surface area contributed by atoms with Crippen LogP contribution in [-0.2, 0) is 16.1 Å². The van der Waals surface area contributed by atoms with Gasteiger partial charge in [0.2, 0.25) is 11.8 Å². The number of benzene rings is 1. The van der Waals surface area contributed by atoms with Crippen molar-refractivity contribution in [1.29, 1.82) is 0 Å². The first kappa shape index (κ1) is 19.2. The fourth-order valence-corrected chi connectivity index (χ4v) is 2.20. The first-order valence-corrected chi connectivity index (χ1v) is 8.06. The quantitative estimate of drug-likeness (QED) is 0.806. The Hall–Kier alpha value is -1.88. The van der Waals surface area contributed by atoms with Crippen LogP contribution in [0.3, 0.4) is 0 Å². The van der Waals surface area contributed by atoms with Crippen molar-refractivity contribution in [3.63, 3.8) is 0 Å². The average Bonchev–Trinajstić information content (AvgIpc) is 2.43. The number of carbonyl (C=O) groups is 2. The highest BCUT2D eigenvalue weighted by atomic mass is 16.2. The van der Waals surface area contributed by atoms with Gasteiger partial charge in [-0.05, 0) is 45.4 Å². The van der Waals surface area contributed by atoms with Crippen molar-refractivity contribution >= 4 is 11.8 Å². The molecule has 0 aliphatic rings. The zero-order valence-electron chi connectivity index (χ0n) is 14.9. The second-order valence-electron chi connectivity index (χ2n) is 6.80. The van der Waals surface area contributed by atoms with Crippen LogP contribution in [0.4, 0.5) is 0 Å². The van der Waals surface area contributed by atoms with Crippen molar-refractivity contribution in [1.82, 2.24) is 15.5 Å². The van der Waals surface area contributed by atoms with Crippen molar-refractivity contribution in [3.8, 4) is 0 Å². The van der Waals surface area contributed by atoms with E-state index in [-0.39, 0.29) is 30.4 Å². The van der Waals surface area contributed by atoms with Crippen LogP contribution in [0.15, 0.2) is 24.3 Å². The van der Waals surface area contributed by atoms with Crippen LogP contribution >= 0.6 is 0 Å². The summed E-state index contributed by atoms with van der Waals surface area (Å²) in [5.74, 6) is -0.135. The average molecular weight is 319 g/mol. The Morgan fingerprint density at radius 3 is 2.26 bits per heavy atom. The van der Waals surface area contributed by atoms with E-state index in [1.54, 1.807) is 0 Å². The molecule has 0 spiro atoms. The molecule has 2 N–H and O–H groups in total. The van der Waals surface area contributed by atoms with Crippen molar-refractivity contribution < 1.29 is 9.59 Å². The lowest BCUT2D eigenvalue weighted by Gasteiger charge is -2.24. The fourth-order valence-electron chi connectivity index (χ4n) is 2.20. The Morgan fingerprint density at radius 1 is 1.09 bits per heavy atom. The molecule has 5 heteroatoms. The van der Waals surface area contributed by atoms with E-state index in [1.807, 2.05) is 63.8 Å². The molecule has 0 saturated heterocycles. The lowest BCUT2D eigenvalue weighted by Crippen LogP contribution is -2.47. The Balaban J connectivity index is 2.44. The van der Waals surface area contributed by atoms with E-state index in [1.165, 1.54) is 0 Å². The highest BCUT2D eigenvalue weighted by Gasteiger charge is 2.17. The van der Waals surface area contributed by atoms with Crippen LogP contribution in [0.1, 0.15) is 38.8 Å². The van der Waals surface area contributed by atoms with Gasteiger partial charge in [-0.2, -0.15) is 0 Å². The van der Waals surface area contributed by atoms with Crippen LogP contribution in [0.25, 0.3) is 0 Å². The number of nitrogens with zero attached hydrogens (tertiary/aromatic N) is 1. The van der Waals surface area contributed by atoms with E-state index >= 15 is 0 Å². The Bertz CT molecular complexity index is 535. The summed E-state index contributed by atoms with van der Waals surface area (Å²) in [5.41, 5.74) is 2.00. The summed E-state index contributed by atoms with van der Waals surface area (Å²) < 4.78 is 0. The number of hydrogen-bond donors (Lipinski definition) is 2. The first-order chi connectivity index (χ1) is 10.7. The van der Waals surface area contributed by atoms with Crippen LogP contribution in [0.2, 0.25) is 0 Å². The summed E-state index contributed by atoms with van der Waals surface area (Å²) in [4.78, 5) is 25.9. The summed E-state index contributed by atoms with van der Waals surface area (Å²) in [5, 5.41) is 5.82. The number of aryl methyl sites for hydroxylation is 1. The van der Waals surface area contributed by atoms with Gasteiger partial charge < -0.3 is 10.6 Å². The molecular weight excluding hydrogens is 290 g/mol. The second-order valence-corrected chi connectivity index (χ2v) is 6.80. The number of carbonyl (C=O) groups excluding carboxylic acids is 2. The normalized spacial score (nSPS) is 11.4. The van der Waals surface area contributed by atoms with E-state index < -0.39 is 0 Å². The fraction of sp³-hybridized carbons (Fsp3) is 0.556. The predicted octanol–water partition coefficient (Wildman–Crippen LogP) is 1.85. The van der Waals surface area contributed by atoms with E-state index in [4.69, 9.17) is 0 Å². The van der Waals surface area contributed by atoms with Gasteiger partial charge >= 0.3 is 0 Å². The number of nitrogens with one attached hydrogen (secondary N) is 2. The minimum Gasteiger partial charge on any atom is -0.351 e. The molecule has 1 aromatic carbocycles. The standard InChI is InChI=1S/C18H29N3O2/c1-6-21(13-17(23)20-18(3,4)5)12-16(22)19-11-15-10-8-7-9-14(15)2/h7-10H,6,11-13H2,1-5H3,(H,19,22)(H,20,23). The van der Waals surface area contributed by atoms with Gasteiger partial charge in [0.05, 0.1) is 13.1 Å². The SMILES string of the molecule is CCN(CC(=O)NCc1ccccc1C)CC(=O)NC(C)(C)C. The summed E-state index contributed by atoms with van der Waals surface area (Å²) in [6.07, 6.45) is 0. The lowest BCUT2D eigenvalue weighted by molar-refractivity contribution is -0.125. The van der Waals surface area contributed by atoms with Gasteiger partial charge in [-0.1, -0.05) is 31.2 Å². The molecule has 0 aliphatic heterocycles. The van der Waals surface area contributed by atoms with Crippen molar-refractivity contribution in [2.24, 2.45) is 0 Å². The number of hydrogen-bond acceptors (Lipinski definition) is 3. The molecule has 2 amide bonds. The molecule has 0 unspecified atom stereocenters. The molecular formula is C18H29N3O2. The lowest BCUT2D eigenvalue weighted by atomic mass is 10.1. The van der Waals surface area contributed by atoms with Gasteiger partial charge in [0, 0.05) is 12.1 Å². The summed E-state index contributed by atoms with van der Waals surface area (Å²) in [7, 11) is 0. The van der Waals surface area contributed by atoms with Crippen molar-refractivity contribution in [2.45, 2.75) is 46.7 Å². The van der Waals surface area contributed by atoms with Crippen LogP contribution < -0.4 is 10.6 Å². The van der Waals surface area contributed by atoms with Gasteiger partial charge in [-0.25, -0.2) is 0 Å². The molecule has 0 bridgehead atoms. The zero-order valence-corrected chi connectivity index (χ0v) is 14.9. The van der Waals surface area contributed by atoms with Crippen molar-refractivity contribution in [3.05, 3.63) is 35.4 Å². The Kier molecular flexibility index (Phi) is 7.23. The largest absolute Gasteiger partial charge is 0.351 e. The summed E-state index contributed by atoms with van der Waals surface area (Å²) >= 11 is 0. The molecule has 1 rings (SSSR count). The minimum absolute atomic E-state index is 0.0638. The maximum atomic E-state index is 12.1. The van der Waals surface area contributed by atoms with Crippen LogP contribution in [0, 0.1) is 6.92 Å². The highest BCUT2D eigenvalue weighted by molar-refractivity contribution is 5.81. The molecule has 0 saturated carbocycles. The number of amides is 2. The van der Waals surface area contributed by atoms with E-state index in [0.29, 0.717) is 13.1 Å². The molecule has 5 nitrogen and oxygen atoms in total. The monoisotopic (exact) mass is 319 g/mol. The number of likely N-dealkylation sites (N-methyl/N-ethyl adjacent to an activating group) is 1. The van der Waals surface area contributed by atoms with Crippen LogP contribution in [0.5, 0.6) is 0 Å². The van der Waals surface area contributed by atoms with Gasteiger partial charge in [0.15, 0.2) is 0 Å². The highest BCUT2D eigenvalue weighted by Crippen LogP contribution is 2.06. The van der Waals surface area contributed by atoms with Crippen molar-refractivity contribution in [2.75, 3.05) is 19.6 Å². The third-order valence-corrected chi connectivity index (χ3v) is 3.43. The number of rotatable bonds is 7. The summed E-state index contributed by atoms with van der Waals surface area (Å²) in [6, 6.07) is 7.97. The topological polar surface area (TPSA) is 61.4 Å². The smallest absolute Gasteiger partial charge is 0.234 e. The summed E-state index contributed by atoms with van der Waals surface area (Å²) in [6.45, 7) is 11.4. The first-order valence-electron chi connectivity index (χ1n) is 8.06. The molecule has 1 aromatic rings. The third-order valence-electron chi connectivity index (χ3n) is 3.43.